The Bertz CT molecular complexity index is 2450. The van der Waals surface area contributed by atoms with Crippen molar-refractivity contribution in [2.75, 3.05) is 0 Å². The molecule has 6 aromatic carbocycles. The lowest BCUT2D eigenvalue weighted by molar-refractivity contribution is 0.669. The molecule has 3 heterocycles. The second-order valence-corrected chi connectivity index (χ2v) is 10.0. The van der Waals surface area contributed by atoms with Crippen LogP contribution < -0.4 is 0 Å². The molecule has 3 heteroatoms. The summed E-state index contributed by atoms with van der Waals surface area (Å²) in [5, 5.41) is 9.65. The molecule has 37 heavy (non-hydrogen) atoms. The van der Waals surface area contributed by atoms with Gasteiger partial charge in [0.05, 0.1) is 11.0 Å². The lowest BCUT2D eigenvalue weighted by Crippen LogP contribution is -1.93. The molecule has 10 rings (SSSR count). The molecular formula is C34H17NO2. The predicted molar refractivity (Wildman–Crippen MR) is 152 cm³/mol. The van der Waals surface area contributed by atoms with Gasteiger partial charge in [0.15, 0.2) is 5.58 Å². The minimum Gasteiger partial charge on any atom is -0.456 e. The topological polar surface area (TPSA) is 31.2 Å². The lowest BCUT2D eigenvalue weighted by Gasteiger charge is -2.09. The Morgan fingerprint density at radius 2 is 1.14 bits per heavy atom. The van der Waals surface area contributed by atoms with E-state index in [9.17, 15) is 0 Å². The van der Waals surface area contributed by atoms with Crippen molar-refractivity contribution in [3.05, 3.63) is 103 Å². The second kappa shape index (κ2) is 6.03. The molecule has 0 amide bonds. The molecule has 0 saturated heterocycles. The first-order valence-corrected chi connectivity index (χ1v) is 12.6. The van der Waals surface area contributed by atoms with E-state index in [-0.39, 0.29) is 0 Å². The molecule has 0 saturated carbocycles. The van der Waals surface area contributed by atoms with Crippen molar-refractivity contribution in [3.63, 3.8) is 0 Å². The lowest BCUT2D eigenvalue weighted by atomic mass is 9.96. The molecular weight excluding hydrogens is 454 g/mol. The van der Waals surface area contributed by atoms with E-state index in [1.165, 1.54) is 59.7 Å². The number of hydrogen-bond acceptors (Lipinski definition) is 2. The highest BCUT2D eigenvalue weighted by Crippen LogP contribution is 2.53. The Hall–Kier alpha value is -5.02. The van der Waals surface area contributed by atoms with Crippen LogP contribution in [0.15, 0.2) is 112 Å². The first-order valence-electron chi connectivity index (χ1n) is 12.6. The van der Waals surface area contributed by atoms with E-state index in [4.69, 9.17) is 8.83 Å². The molecule has 0 N–H and O–H groups in total. The Kier molecular flexibility index (Phi) is 2.98. The Labute approximate surface area is 209 Å². The van der Waals surface area contributed by atoms with E-state index in [1.807, 2.05) is 0 Å². The summed E-state index contributed by atoms with van der Waals surface area (Å²) in [6.45, 7) is 0. The third-order valence-corrected chi connectivity index (χ3v) is 8.29. The van der Waals surface area contributed by atoms with Gasteiger partial charge in [0, 0.05) is 43.4 Å². The van der Waals surface area contributed by atoms with Crippen molar-refractivity contribution in [2.24, 2.45) is 0 Å². The Balaban J connectivity index is 1.65. The molecule has 170 valence electrons. The summed E-state index contributed by atoms with van der Waals surface area (Å²) in [6.07, 6.45) is 0. The molecule has 3 aromatic heterocycles. The van der Waals surface area contributed by atoms with Crippen LogP contribution in [0.3, 0.4) is 0 Å². The third kappa shape index (κ3) is 1.97. The van der Waals surface area contributed by atoms with Crippen LogP contribution in [0.25, 0.3) is 93.3 Å². The van der Waals surface area contributed by atoms with Crippen LogP contribution in [0, 0.1) is 0 Å². The number of benzene rings is 6. The van der Waals surface area contributed by atoms with Crippen LogP contribution in [-0.4, -0.2) is 4.57 Å². The minimum atomic E-state index is 0.919. The number of para-hydroxylation sites is 2. The number of fused-ring (bicyclic) bond motifs is 6. The van der Waals surface area contributed by atoms with Gasteiger partial charge in [0.2, 0.25) is 0 Å². The highest BCUT2D eigenvalue weighted by Gasteiger charge is 2.29. The number of aromatic nitrogens is 1. The van der Waals surface area contributed by atoms with Crippen molar-refractivity contribution in [1.82, 2.24) is 4.57 Å². The average Bonchev–Trinajstić information content (AvgIpc) is 3.60. The van der Waals surface area contributed by atoms with Gasteiger partial charge in [-0.3, -0.25) is 0 Å². The van der Waals surface area contributed by atoms with Crippen molar-refractivity contribution >= 4 is 76.5 Å². The zero-order chi connectivity index (χ0) is 23.8. The van der Waals surface area contributed by atoms with Crippen molar-refractivity contribution < 1.29 is 8.83 Å². The number of hydrogen-bond donors (Lipinski definition) is 0. The monoisotopic (exact) mass is 471 g/mol. The average molecular weight is 472 g/mol. The van der Waals surface area contributed by atoms with Crippen LogP contribution >= 0.6 is 0 Å². The Morgan fingerprint density at radius 1 is 0.432 bits per heavy atom. The molecule has 0 atom stereocenters. The van der Waals surface area contributed by atoms with E-state index in [0.29, 0.717) is 0 Å². The second-order valence-electron chi connectivity index (χ2n) is 10.0. The summed E-state index contributed by atoms with van der Waals surface area (Å²) in [5.41, 5.74) is 9.51. The van der Waals surface area contributed by atoms with Crippen LogP contribution in [-0.2, 0) is 0 Å². The van der Waals surface area contributed by atoms with Gasteiger partial charge in [-0.1, -0.05) is 60.7 Å². The normalized spacial score (nSPS) is 12.9. The van der Waals surface area contributed by atoms with Crippen LogP contribution in [0.5, 0.6) is 0 Å². The Morgan fingerprint density at radius 3 is 1.97 bits per heavy atom. The van der Waals surface area contributed by atoms with Crippen LogP contribution in [0.2, 0.25) is 0 Å². The van der Waals surface area contributed by atoms with Crippen molar-refractivity contribution in [1.29, 1.82) is 0 Å². The quantitative estimate of drug-likeness (QED) is 0.239. The fourth-order valence-electron chi connectivity index (χ4n) is 6.95. The van der Waals surface area contributed by atoms with E-state index >= 15 is 0 Å². The molecule has 0 radical (unpaired) electrons. The summed E-state index contributed by atoms with van der Waals surface area (Å²) in [6, 6.07) is 36.5. The molecule has 9 aromatic rings. The SMILES string of the molecule is c1ccc(-n2c3ccccc3c3c4ccc5oc6cccc7c6c5c4c4c(oc5cccc-7c54)c32)cc1. The van der Waals surface area contributed by atoms with E-state index < -0.39 is 0 Å². The fraction of sp³-hybridized carbons (Fsp3) is 0. The zero-order valence-electron chi connectivity index (χ0n) is 19.6. The smallest absolute Gasteiger partial charge is 0.160 e. The summed E-state index contributed by atoms with van der Waals surface area (Å²) >= 11 is 0. The molecule has 0 spiro atoms. The molecule has 3 nitrogen and oxygen atoms in total. The molecule has 0 bridgehead atoms. The van der Waals surface area contributed by atoms with E-state index in [0.717, 1.165) is 33.5 Å². The first-order chi connectivity index (χ1) is 18.4. The molecule has 0 aliphatic heterocycles. The highest BCUT2D eigenvalue weighted by molar-refractivity contribution is 6.44. The summed E-state index contributed by atoms with van der Waals surface area (Å²) in [7, 11) is 0. The standard InChI is InChI=1S/C34H17NO2/c1-2-8-18(9-3-1)35-23-13-5-4-10-21(23)27-22-16-17-26-31-28-19(11-6-14-24(28)36-26)20-12-7-15-25-29(20)32(30(22)31)34(37-25)33(27)35/h1-17H. The van der Waals surface area contributed by atoms with Crippen molar-refractivity contribution in [3.8, 4) is 16.8 Å². The maximum atomic E-state index is 6.85. The van der Waals surface area contributed by atoms with E-state index in [2.05, 4.69) is 108 Å². The van der Waals surface area contributed by atoms with E-state index in [1.54, 1.807) is 0 Å². The molecule has 0 unspecified atom stereocenters. The minimum absolute atomic E-state index is 0.919. The summed E-state index contributed by atoms with van der Waals surface area (Å²) < 4.78 is 15.6. The van der Waals surface area contributed by atoms with Gasteiger partial charge >= 0.3 is 0 Å². The predicted octanol–water partition coefficient (Wildman–Crippen LogP) is 9.72. The highest BCUT2D eigenvalue weighted by atomic mass is 16.3. The van der Waals surface area contributed by atoms with Gasteiger partial charge < -0.3 is 13.4 Å². The summed E-state index contributed by atoms with van der Waals surface area (Å²) in [5.74, 6) is 0. The maximum absolute atomic E-state index is 6.85. The number of nitrogens with zero attached hydrogens (tertiary/aromatic N) is 1. The zero-order valence-corrected chi connectivity index (χ0v) is 19.6. The van der Waals surface area contributed by atoms with Crippen LogP contribution in [0.1, 0.15) is 0 Å². The largest absolute Gasteiger partial charge is 0.456 e. The van der Waals surface area contributed by atoms with Crippen molar-refractivity contribution in [2.45, 2.75) is 0 Å². The van der Waals surface area contributed by atoms with Gasteiger partial charge in [-0.25, -0.2) is 0 Å². The van der Waals surface area contributed by atoms with Gasteiger partial charge in [-0.15, -0.1) is 0 Å². The first kappa shape index (κ1) is 18.3. The summed E-state index contributed by atoms with van der Waals surface area (Å²) in [4.78, 5) is 0. The van der Waals surface area contributed by atoms with Gasteiger partial charge in [-0.05, 0) is 59.0 Å². The molecule has 0 fully saturated rings. The molecule has 1 aliphatic carbocycles. The third-order valence-electron chi connectivity index (χ3n) is 8.29. The van der Waals surface area contributed by atoms with Gasteiger partial charge in [0.25, 0.3) is 0 Å². The molecule has 1 aliphatic rings. The number of furan rings is 2. The van der Waals surface area contributed by atoms with Gasteiger partial charge in [0.1, 0.15) is 16.7 Å². The van der Waals surface area contributed by atoms with Crippen LogP contribution in [0.4, 0.5) is 0 Å². The van der Waals surface area contributed by atoms with Gasteiger partial charge in [-0.2, -0.15) is 0 Å². The maximum Gasteiger partial charge on any atom is 0.160 e. The fourth-order valence-corrected chi connectivity index (χ4v) is 6.95. The number of rotatable bonds is 1.